The number of fused-ring (bicyclic) bond motifs is 1. The van der Waals surface area contributed by atoms with Gasteiger partial charge in [0.05, 0.1) is 11.3 Å². The Morgan fingerprint density at radius 2 is 2.21 bits per heavy atom. The van der Waals surface area contributed by atoms with Gasteiger partial charge in [-0.15, -0.1) is 15.7 Å². The maximum absolute atomic E-state index is 12.7. The molecular weight excluding hydrogens is 432 g/mol. The molecule has 0 radical (unpaired) electrons. The third-order valence-corrected chi connectivity index (χ3v) is 6.96. The summed E-state index contributed by atoms with van der Waals surface area (Å²) in [6.07, 6.45) is 7.31. The van der Waals surface area contributed by atoms with E-state index in [0.29, 0.717) is 16.6 Å². The van der Waals surface area contributed by atoms with Gasteiger partial charge >= 0.3 is 0 Å². The van der Waals surface area contributed by atoms with Crippen LogP contribution in [0.15, 0.2) is 52.7 Å². The van der Waals surface area contributed by atoms with Gasteiger partial charge in [0.2, 0.25) is 0 Å². The molecule has 0 saturated heterocycles. The number of hydrogen-bond acceptors (Lipinski definition) is 6. The highest BCUT2D eigenvalue weighted by Gasteiger charge is 2.30. The zero-order valence-electron chi connectivity index (χ0n) is 15.4. The highest BCUT2D eigenvalue weighted by atomic mass is 35.5. The van der Waals surface area contributed by atoms with Crippen molar-refractivity contribution in [2.45, 2.75) is 13.3 Å². The molecule has 0 spiro atoms. The van der Waals surface area contributed by atoms with Gasteiger partial charge in [-0.05, 0) is 36.3 Å². The number of nitrogens with one attached hydrogen (secondary N) is 1. The third kappa shape index (κ3) is 4.42. The van der Waals surface area contributed by atoms with Gasteiger partial charge < -0.3 is 4.90 Å². The van der Waals surface area contributed by atoms with Crippen LogP contribution in [0, 0.1) is 6.92 Å². The SMILES string of the molecule is Cc1ccc(Cc2cnc(NC(=O)C3=CC=CN4CCS(=O)(=O)N=C34)s2)cc1Cl. The number of thiazole rings is 1. The van der Waals surface area contributed by atoms with E-state index in [1.165, 1.54) is 11.3 Å². The van der Waals surface area contributed by atoms with Gasteiger partial charge in [0, 0.05) is 35.3 Å². The normalized spacial score (nSPS) is 17.4. The number of halogens is 1. The molecule has 4 rings (SSSR count). The van der Waals surface area contributed by atoms with Gasteiger partial charge in [-0.2, -0.15) is 0 Å². The number of hydrogen-bond donors (Lipinski definition) is 1. The van der Waals surface area contributed by atoms with E-state index < -0.39 is 15.9 Å². The first-order valence-corrected chi connectivity index (χ1v) is 11.6. The Kier molecular flexibility index (Phi) is 5.28. The number of aromatic nitrogens is 1. The molecule has 2 aromatic rings. The van der Waals surface area contributed by atoms with Crippen molar-refractivity contribution in [1.82, 2.24) is 9.88 Å². The van der Waals surface area contributed by atoms with E-state index in [1.54, 1.807) is 29.4 Å². The summed E-state index contributed by atoms with van der Waals surface area (Å²) in [5.41, 5.74) is 2.27. The van der Waals surface area contributed by atoms with Crippen LogP contribution < -0.4 is 5.32 Å². The fraction of sp³-hybridized carbons (Fsp3) is 0.211. The molecule has 0 bridgehead atoms. The smallest absolute Gasteiger partial charge is 0.261 e. The van der Waals surface area contributed by atoms with E-state index in [-0.39, 0.29) is 23.7 Å². The number of carbonyl (C=O) groups excluding carboxylic acids is 1. The summed E-state index contributed by atoms with van der Waals surface area (Å²) in [5, 5.41) is 3.88. The monoisotopic (exact) mass is 448 g/mol. The molecular formula is C19H17ClN4O3S2. The van der Waals surface area contributed by atoms with Crippen LogP contribution in [0.4, 0.5) is 5.13 Å². The third-order valence-electron chi connectivity index (χ3n) is 4.49. The second-order valence-corrected chi connectivity index (χ2v) is 9.94. The maximum atomic E-state index is 12.7. The van der Waals surface area contributed by atoms with Crippen molar-refractivity contribution in [3.8, 4) is 0 Å². The number of carbonyl (C=O) groups is 1. The molecule has 0 fully saturated rings. The average molecular weight is 449 g/mol. The molecule has 150 valence electrons. The fourth-order valence-corrected chi connectivity index (χ4v) is 4.98. The second-order valence-electron chi connectivity index (χ2n) is 6.66. The summed E-state index contributed by atoms with van der Waals surface area (Å²) in [6, 6.07) is 5.90. The first-order chi connectivity index (χ1) is 13.8. The van der Waals surface area contributed by atoms with E-state index in [9.17, 15) is 13.2 Å². The molecule has 1 aromatic heterocycles. The number of amides is 1. The van der Waals surface area contributed by atoms with E-state index in [0.717, 1.165) is 16.0 Å². The molecule has 2 aliphatic rings. The van der Waals surface area contributed by atoms with Crippen LogP contribution in [0.25, 0.3) is 0 Å². The van der Waals surface area contributed by atoms with Crippen molar-refractivity contribution in [1.29, 1.82) is 0 Å². The van der Waals surface area contributed by atoms with Gasteiger partial charge in [-0.25, -0.2) is 13.4 Å². The summed E-state index contributed by atoms with van der Waals surface area (Å²) < 4.78 is 27.4. The quantitative estimate of drug-likeness (QED) is 0.775. The zero-order valence-corrected chi connectivity index (χ0v) is 17.8. The lowest BCUT2D eigenvalue weighted by molar-refractivity contribution is -0.112. The van der Waals surface area contributed by atoms with E-state index in [2.05, 4.69) is 14.7 Å². The fourth-order valence-electron chi connectivity index (χ4n) is 2.95. The molecule has 1 aromatic carbocycles. The van der Waals surface area contributed by atoms with Crippen LogP contribution in [-0.2, 0) is 21.2 Å². The lowest BCUT2D eigenvalue weighted by Gasteiger charge is -2.28. The summed E-state index contributed by atoms with van der Waals surface area (Å²) in [6.45, 7) is 2.22. The first kappa shape index (κ1) is 19.8. The standard InChI is InChI=1S/C19H17ClN4O3S2/c1-12-4-5-13(10-16(12)20)9-14-11-21-19(28-14)22-18(25)15-3-2-6-24-7-8-29(26,27)23-17(15)24/h2-6,10-11H,7-9H2,1H3,(H,21,22,25). The second kappa shape index (κ2) is 7.74. The summed E-state index contributed by atoms with van der Waals surface area (Å²) >= 11 is 7.53. The Balaban J connectivity index is 1.49. The Bertz CT molecular complexity index is 1180. The predicted molar refractivity (Wildman–Crippen MR) is 115 cm³/mol. The van der Waals surface area contributed by atoms with Gasteiger partial charge in [0.15, 0.2) is 11.0 Å². The van der Waals surface area contributed by atoms with Crippen LogP contribution in [0.3, 0.4) is 0 Å². The molecule has 7 nitrogen and oxygen atoms in total. The molecule has 10 heteroatoms. The lowest BCUT2D eigenvalue weighted by atomic mass is 10.1. The van der Waals surface area contributed by atoms with Crippen LogP contribution in [0.5, 0.6) is 0 Å². The summed E-state index contributed by atoms with van der Waals surface area (Å²) in [5.74, 6) is -0.383. The van der Waals surface area contributed by atoms with Crippen LogP contribution in [0.1, 0.15) is 16.0 Å². The number of aryl methyl sites for hydroxylation is 1. The van der Waals surface area contributed by atoms with Gasteiger partial charge in [0.1, 0.15) is 0 Å². The van der Waals surface area contributed by atoms with Crippen LogP contribution in [-0.4, -0.2) is 42.3 Å². The highest BCUT2D eigenvalue weighted by molar-refractivity contribution is 7.90. The molecule has 1 N–H and O–H groups in total. The number of nitrogens with zero attached hydrogens (tertiary/aromatic N) is 3. The van der Waals surface area contributed by atoms with Gasteiger partial charge in [-0.1, -0.05) is 23.7 Å². The van der Waals surface area contributed by atoms with Crippen molar-refractivity contribution in [2.75, 3.05) is 17.6 Å². The van der Waals surface area contributed by atoms with Crippen molar-refractivity contribution in [3.05, 3.63) is 69.3 Å². The molecule has 0 aliphatic carbocycles. The Morgan fingerprint density at radius 3 is 3.00 bits per heavy atom. The first-order valence-electron chi connectivity index (χ1n) is 8.80. The topological polar surface area (TPSA) is 91.7 Å². The Hall–Kier alpha value is -2.49. The van der Waals surface area contributed by atoms with E-state index in [4.69, 9.17) is 11.6 Å². The van der Waals surface area contributed by atoms with Crippen molar-refractivity contribution >= 4 is 49.8 Å². The Morgan fingerprint density at radius 1 is 1.38 bits per heavy atom. The minimum atomic E-state index is -3.56. The van der Waals surface area contributed by atoms with Crippen molar-refractivity contribution < 1.29 is 13.2 Å². The molecule has 0 saturated carbocycles. The number of rotatable bonds is 4. The molecule has 0 unspecified atom stereocenters. The minimum Gasteiger partial charge on any atom is -0.331 e. The molecule has 3 heterocycles. The zero-order chi connectivity index (χ0) is 20.6. The number of amidine groups is 1. The predicted octanol–water partition coefficient (Wildman–Crippen LogP) is 3.13. The summed E-state index contributed by atoms with van der Waals surface area (Å²) in [4.78, 5) is 19.6. The lowest BCUT2D eigenvalue weighted by Crippen LogP contribution is -2.40. The molecule has 2 aliphatic heterocycles. The van der Waals surface area contributed by atoms with Gasteiger partial charge in [0.25, 0.3) is 15.9 Å². The average Bonchev–Trinajstić information content (AvgIpc) is 3.10. The van der Waals surface area contributed by atoms with Crippen molar-refractivity contribution in [3.63, 3.8) is 0 Å². The van der Waals surface area contributed by atoms with Crippen molar-refractivity contribution in [2.24, 2.45) is 4.40 Å². The number of sulfonamides is 1. The highest BCUT2D eigenvalue weighted by Crippen LogP contribution is 2.25. The van der Waals surface area contributed by atoms with Gasteiger partial charge in [-0.3, -0.25) is 10.1 Å². The van der Waals surface area contributed by atoms with Crippen LogP contribution >= 0.6 is 22.9 Å². The maximum Gasteiger partial charge on any atom is 0.261 e. The number of benzene rings is 1. The molecule has 29 heavy (non-hydrogen) atoms. The summed E-state index contributed by atoms with van der Waals surface area (Å²) in [7, 11) is -3.56. The Labute approximate surface area is 177 Å². The molecule has 0 atom stereocenters. The largest absolute Gasteiger partial charge is 0.331 e. The van der Waals surface area contributed by atoms with Crippen LogP contribution in [0.2, 0.25) is 5.02 Å². The van der Waals surface area contributed by atoms with E-state index >= 15 is 0 Å². The number of allylic oxidation sites excluding steroid dienone is 2. The van der Waals surface area contributed by atoms with E-state index in [1.807, 2.05) is 25.1 Å². The number of anilines is 1. The molecule has 1 amide bonds. The minimum absolute atomic E-state index is 0.0748.